The van der Waals surface area contributed by atoms with Crippen LogP contribution in [0.4, 0.5) is 5.69 Å². The Morgan fingerprint density at radius 1 is 0.862 bits per heavy atom. The van der Waals surface area contributed by atoms with Crippen molar-refractivity contribution in [2.45, 2.75) is 126 Å². The van der Waals surface area contributed by atoms with Crippen molar-refractivity contribution in [2.24, 2.45) is 74.9 Å². The normalized spacial score (nSPS) is 39.6. The van der Waals surface area contributed by atoms with Crippen molar-refractivity contribution in [1.29, 1.82) is 0 Å². The number of benzene rings is 1. The van der Waals surface area contributed by atoms with E-state index in [2.05, 4.69) is 75.8 Å². The fourth-order valence-corrected chi connectivity index (χ4v) is 15.5. The summed E-state index contributed by atoms with van der Waals surface area (Å²) in [5.41, 5.74) is 4.77. The Morgan fingerprint density at radius 2 is 1.55 bits per heavy atom. The quantitative estimate of drug-likeness (QED) is 0.244. The van der Waals surface area contributed by atoms with Crippen molar-refractivity contribution in [2.75, 3.05) is 44.7 Å². The van der Waals surface area contributed by atoms with E-state index >= 15 is 0 Å². The Morgan fingerprint density at radius 3 is 2.21 bits per heavy atom. The maximum atomic E-state index is 14.1. The number of nitrogens with one attached hydrogen (secondary N) is 1. The first-order valence-electron chi connectivity index (χ1n) is 23.3. The van der Waals surface area contributed by atoms with E-state index in [0.717, 1.165) is 70.3 Å². The van der Waals surface area contributed by atoms with Gasteiger partial charge in [0.2, 0.25) is 0 Å². The number of aliphatic carboxylic acids is 1. The zero-order valence-corrected chi connectivity index (χ0v) is 37.0. The Hall–Kier alpha value is -3.00. The van der Waals surface area contributed by atoms with Gasteiger partial charge in [0.05, 0.1) is 5.92 Å². The molecular weight excluding hydrogens is 723 g/mol. The third-order valence-corrected chi connectivity index (χ3v) is 18.8. The van der Waals surface area contributed by atoms with Crippen LogP contribution in [0.1, 0.15) is 136 Å². The minimum absolute atomic E-state index is 0.0293. The molecule has 11 atom stereocenters. The van der Waals surface area contributed by atoms with E-state index in [9.17, 15) is 24.3 Å². The summed E-state index contributed by atoms with van der Waals surface area (Å²) in [6, 6.07) is 8.09. The van der Waals surface area contributed by atoms with Crippen molar-refractivity contribution in [1.82, 2.24) is 10.2 Å². The number of anilines is 1. The topological polar surface area (TPSA) is 107 Å². The van der Waals surface area contributed by atoms with E-state index in [1.165, 1.54) is 30.5 Å². The van der Waals surface area contributed by atoms with Crippen molar-refractivity contribution < 1.29 is 24.3 Å². The number of hydrogen-bond acceptors (Lipinski definition) is 6. The number of carboxylic acids is 1. The van der Waals surface area contributed by atoms with Crippen molar-refractivity contribution in [3.05, 3.63) is 41.0 Å². The molecule has 6 aliphatic carbocycles. The number of hydrogen-bond donors (Lipinski definition) is 2. The summed E-state index contributed by atoms with van der Waals surface area (Å²) in [6.07, 6.45) is 11.7. The Balaban J connectivity index is 0.956. The molecule has 0 radical (unpaired) electrons. The van der Waals surface area contributed by atoms with Gasteiger partial charge in [0.15, 0.2) is 5.78 Å². The predicted molar refractivity (Wildman–Crippen MR) is 229 cm³/mol. The molecule has 1 aromatic carbocycles. The van der Waals surface area contributed by atoms with E-state index in [1.54, 1.807) is 0 Å². The highest BCUT2D eigenvalue weighted by Gasteiger charge is 2.66. The van der Waals surface area contributed by atoms with Crippen LogP contribution in [0, 0.1) is 74.9 Å². The summed E-state index contributed by atoms with van der Waals surface area (Å²) >= 11 is 0. The maximum Gasteiger partial charge on any atom is 0.306 e. The average Bonchev–Trinajstić information content (AvgIpc) is 3.47. The second-order valence-electron chi connectivity index (χ2n) is 22.1. The first kappa shape index (κ1) is 41.7. The van der Waals surface area contributed by atoms with Crippen LogP contribution >= 0.6 is 0 Å². The lowest BCUT2D eigenvalue weighted by atomic mass is 9.35. The summed E-state index contributed by atoms with van der Waals surface area (Å²) in [5, 5.41) is 12.8. The molecule has 0 aromatic heterocycles. The molecule has 1 aromatic rings. The number of amides is 1. The van der Waals surface area contributed by atoms with Crippen LogP contribution in [0.25, 0.3) is 0 Å². The van der Waals surface area contributed by atoms with Crippen molar-refractivity contribution >= 4 is 29.1 Å². The predicted octanol–water partition coefficient (Wildman–Crippen LogP) is 9.08. The summed E-state index contributed by atoms with van der Waals surface area (Å²) in [7, 11) is 2.16. The van der Waals surface area contributed by atoms with Crippen LogP contribution in [-0.2, 0) is 14.4 Å². The SMILES string of the molecule is CC(C)C1=C2C3CCC4C(C)(CCC5C(C)(C)C(CC(=O)C6CC(C(=O)O)C6C)CCC54C)C3CCC2(CCNC(=O)c2ccc(N3CCN(C)CC3)cc2)CC1=O. The number of rotatable bonds is 10. The number of allylic oxidation sites excluding steroid dienone is 2. The molecule has 58 heavy (non-hydrogen) atoms. The van der Waals surface area contributed by atoms with Gasteiger partial charge in [-0.1, -0.05) is 54.0 Å². The van der Waals surface area contributed by atoms with Gasteiger partial charge in [-0.05, 0) is 159 Å². The van der Waals surface area contributed by atoms with Gasteiger partial charge in [-0.3, -0.25) is 19.2 Å². The molecule has 8 nitrogen and oxygen atoms in total. The lowest BCUT2D eigenvalue weighted by Crippen LogP contribution is -2.62. The van der Waals surface area contributed by atoms with E-state index in [0.29, 0.717) is 72.5 Å². The number of carbonyl (C=O) groups is 4. The number of likely N-dealkylation sites (N-methyl/N-ethyl adjacent to an activating group) is 1. The largest absolute Gasteiger partial charge is 0.481 e. The van der Waals surface area contributed by atoms with Crippen LogP contribution in [-0.4, -0.2) is 73.2 Å². The molecule has 1 amide bonds. The number of Topliss-reactive ketones (excluding diaryl/α,β-unsaturated/α-hetero) is 2. The summed E-state index contributed by atoms with van der Waals surface area (Å²) in [4.78, 5) is 57.5. The Kier molecular flexibility index (Phi) is 10.9. The lowest BCUT2D eigenvalue weighted by Gasteiger charge is -2.69. The molecule has 6 fully saturated rings. The number of fused-ring (bicyclic) bond motifs is 7. The molecular formula is C50H73N3O5. The fourth-order valence-electron chi connectivity index (χ4n) is 15.5. The third-order valence-electron chi connectivity index (χ3n) is 18.8. The Bertz CT molecular complexity index is 1830. The van der Waals surface area contributed by atoms with Gasteiger partial charge < -0.3 is 20.2 Å². The molecule has 1 aliphatic heterocycles. The molecule has 1 saturated heterocycles. The first-order chi connectivity index (χ1) is 27.4. The summed E-state index contributed by atoms with van der Waals surface area (Å²) in [6.45, 7) is 21.2. The maximum absolute atomic E-state index is 14.1. The van der Waals surface area contributed by atoms with Crippen LogP contribution in [0.2, 0.25) is 0 Å². The van der Waals surface area contributed by atoms with E-state index in [-0.39, 0.29) is 51.2 Å². The van der Waals surface area contributed by atoms with E-state index in [4.69, 9.17) is 0 Å². The zero-order chi connectivity index (χ0) is 41.5. The Labute approximate surface area is 348 Å². The number of ketones is 2. The van der Waals surface area contributed by atoms with Crippen molar-refractivity contribution in [3.63, 3.8) is 0 Å². The number of piperazine rings is 1. The standard InChI is InChI=1S/C50H73N3O5/c1-30(2)43-40(55)29-50(21-22-51-45(56)32-9-11-34(12-10-32)53-25-23-52(8)24-26-53)20-16-38-35(44(43)50)13-14-42-48(38,6)19-17-41-47(4,5)33(15-18-49(41,42)7)27-39(54)36-28-37(31(36)3)46(57)58/h9-12,30-31,33,35-38,41-42H,13-29H2,1-8H3,(H,51,56)(H,57,58). The molecule has 1 heterocycles. The average molecular weight is 796 g/mol. The minimum Gasteiger partial charge on any atom is -0.481 e. The summed E-state index contributed by atoms with van der Waals surface area (Å²) in [5.74, 6) is 2.05. The number of carboxylic acid groups (broad SMARTS) is 1. The van der Waals surface area contributed by atoms with Gasteiger partial charge in [0.25, 0.3) is 5.91 Å². The summed E-state index contributed by atoms with van der Waals surface area (Å²) < 4.78 is 0. The van der Waals surface area contributed by atoms with Gasteiger partial charge in [-0.25, -0.2) is 0 Å². The van der Waals surface area contributed by atoms with Gasteiger partial charge >= 0.3 is 5.97 Å². The second kappa shape index (κ2) is 15.2. The van der Waals surface area contributed by atoms with Gasteiger partial charge in [0.1, 0.15) is 5.78 Å². The molecule has 11 unspecified atom stereocenters. The molecule has 8 rings (SSSR count). The highest BCUT2D eigenvalue weighted by molar-refractivity contribution is 6.00. The van der Waals surface area contributed by atoms with Crippen molar-refractivity contribution in [3.8, 4) is 0 Å². The van der Waals surface area contributed by atoms with Crippen LogP contribution < -0.4 is 10.2 Å². The molecule has 7 aliphatic rings. The molecule has 2 N–H and O–H groups in total. The second-order valence-corrected chi connectivity index (χ2v) is 22.1. The molecule has 0 spiro atoms. The molecule has 5 saturated carbocycles. The van der Waals surface area contributed by atoms with Crippen LogP contribution in [0.5, 0.6) is 0 Å². The fraction of sp³-hybridized carbons (Fsp3) is 0.760. The van der Waals surface area contributed by atoms with E-state index in [1.807, 2.05) is 19.1 Å². The third kappa shape index (κ3) is 6.72. The van der Waals surface area contributed by atoms with Gasteiger partial charge in [0, 0.05) is 68.1 Å². The number of nitrogens with zero attached hydrogens (tertiary/aromatic N) is 2. The van der Waals surface area contributed by atoms with Crippen LogP contribution in [0.3, 0.4) is 0 Å². The molecule has 0 bridgehead atoms. The highest BCUT2D eigenvalue weighted by atomic mass is 16.4. The van der Waals surface area contributed by atoms with Crippen LogP contribution in [0.15, 0.2) is 35.4 Å². The van der Waals surface area contributed by atoms with Gasteiger partial charge in [-0.2, -0.15) is 0 Å². The monoisotopic (exact) mass is 796 g/mol. The van der Waals surface area contributed by atoms with Gasteiger partial charge in [-0.15, -0.1) is 0 Å². The molecule has 8 heteroatoms. The molecule has 318 valence electrons. The zero-order valence-electron chi connectivity index (χ0n) is 37.0. The lowest BCUT2D eigenvalue weighted by molar-refractivity contribution is -0.193. The smallest absolute Gasteiger partial charge is 0.306 e. The number of carbonyl (C=O) groups excluding carboxylic acids is 3. The van der Waals surface area contributed by atoms with E-state index < -0.39 is 5.97 Å². The first-order valence-corrected chi connectivity index (χ1v) is 23.3. The highest BCUT2D eigenvalue weighted by Crippen LogP contribution is 2.74. The minimum atomic E-state index is -0.757.